The fraction of sp³-hybridized carbons (Fsp3) is 0.733. The van der Waals surface area contributed by atoms with E-state index in [1.807, 2.05) is 0 Å². The summed E-state index contributed by atoms with van der Waals surface area (Å²) in [5.41, 5.74) is 1.65. The molecule has 1 heteroatoms. The topological polar surface area (TPSA) is 0 Å². The van der Waals surface area contributed by atoms with Crippen LogP contribution in [-0.2, 0) is 0 Å². The molecule has 0 aliphatic heterocycles. The SMILES string of the molecule is CCCC[Si](C)(C)CCCCC1=CC=CC1. The van der Waals surface area contributed by atoms with Crippen LogP contribution in [0.2, 0.25) is 25.2 Å². The van der Waals surface area contributed by atoms with Gasteiger partial charge in [0.05, 0.1) is 0 Å². The van der Waals surface area contributed by atoms with Crippen molar-refractivity contribution >= 4 is 8.07 Å². The van der Waals surface area contributed by atoms with Gasteiger partial charge in [-0.25, -0.2) is 0 Å². The molecule has 0 saturated heterocycles. The van der Waals surface area contributed by atoms with Gasteiger partial charge < -0.3 is 0 Å². The largest absolute Gasteiger partial charge is 0.0805 e. The molecule has 0 N–H and O–H groups in total. The Morgan fingerprint density at radius 1 is 1.12 bits per heavy atom. The molecule has 0 amide bonds. The molecular weight excluding hydrogens is 208 g/mol. The molecule has 1 aliphatic rings. The van der Waals surface area contributed by atoms with Crippen LogP contribution in [0.3, 0.4) is 0 Å². The number of hydrogen-bond donors (Lipinski definition) is 0. The normalized spacial score (nSPS) is 15.6. The smallest absolute Gasteiger partial charge is 0.0473 e. The zero-order chi connectivity index (χ0) is 11.9. The highest BCUT2D eigenvalue weighted by Gasteiger charge is 2.18. The van der Waals surface area contributed by atoms with Crippen LogP contribution in [0.25, 0.3) is 0 Å². The van der Waals surface area contributed by atoms with Crippen molar-refractivity contribution in [1.82, 2.24) is 0 Å². The molecular formula is C15H28Si. The van der Waals surface area contributed by atoms with Gasteiger partial charge in [0, 0.05) is 8.07 Å². The summed E-state index contributed by atoms with van der Waals surface area (Å²) in [5.74, 6) is 0. The summed E-state index contributed by atoms with van der Waals surface area (Å²) in [6.07, 6.45) is 15.0. The van der Waals surface area contributed by atoms with Crippen LogP contribution in [0.1, 0.15) is 45.4 Å². The molecule has 0 bridgehead atoms. The maximum Gasteiger partial charge on any atom is 0.0473 e. The summed E-state index contributed by atoms with van der Waals surface area (Å²) in [7, 11) is -0.836. The van der Waals surface area contributed by atoms with E-state index >= 15 is 0 Å². The Hall–Kier alpha value is -0.303. The lowest BCUT2D eigenvalue weighted by Crippen LogP contribution is -2.24. The van der Waals surface area contributed by atoms with Crippen LogP contribution in [0.4, 0.5) is 0 Å². The molecule has 0 aromatic carbocycles. The zero-order valence-electron chi connectivity index (χ0n) is 11.4. The summed E-state index contributed by atoms with van der Waals surface area (Å²) < 4.78 is 0. The predicted molar refractivity (Wildman–Crippen MR) is 77.7 cm³/mol. The first-order valence-electron chi connectivity index (χ1n) is 6.98. The van der Waals surface area contributed by atoms with E-state index in [9.17, 15) is 0 Å². The lowest BCUT2D eigenvalue weighted by atomic mass is 10.1. The summed E-state index contributed by atoms with van der Waals surface area (Å²) in [4.78, 5) is 0. The average molecular weight is 236 g/mol. The minimum absolute atomic E-state index is 0.836. The fourth-order valence-corrected chi connectivity index (χ4v) is 5.18. The van der Waals surface area contributed by atoms with Gasteiger partial charge in [0.25, 0.3) is 0 Å². The molecule has 16 heavy (non-hydrogen) atoms. The molecule has 0 heterocycles. The molecule has 0 radical (unpaired) electrons. The van der Waals surface area contributed by atoms with Crippen LogP contribution in [0.15, 0.2) is 23.8 Å². The minimum atomic E-state index is -0.836. The summed E-state index contributed by atoms with van der Waals surface area (Å²) in [6.45, 7) is 7.45. The first-order chi connectivity index (χ1) is 7.64. The standard InChI is InChI=1S/C15H28Si/c1-4-5-13-16(2,3)14-9-8-12-15-10-6-7-11-15/h6-7,10H,4-5,8-9,11-14H2,1-3H3. The molecule has 0 aromatic heterocycles. The highest BCUT2D eigenvalue weighted by molar-refractivity contribution is 6.77. The van der Waals surface area contributed by atoms with Gasteiger partial charge in [0.2, 0.25) is 0 Å². The molecule has 0 nitrogen and oxygen atoms in total. The Labute approximate surface area is 103 Å². The van der Waals surface area contributed by atoms with Crippen molar-refractivity contribution in [3.05, 3.63) is 23.8 Å². The van der Waals surface area contributed by atoms with E-state index in [-0.39, 0.29) is 0 Å². The molecule has 1 aliphatic carbocycles. The summed E-state index contributed by atoms with van der Waals surface area (Å²) in [6, 6.07) is 3.07. The number of allylic oxidation sites excluding steroid dienone is 4. The van der Waals surface area contributed by atoms with Crippen molar-refractivity contribution in [3.8, 4) is 0 Å². The Morgan fingerprint density at radius 3 is 2.50 bits per heavy atom. The van der Waals surface area contributed by atoms with Crippen molar-refractivity contribution < 1.29 is 0 Å². The van der Waals surface area contributed by atoms with Crippen LogP contribution >= 0.6 is 0 Å². The van der Waals surface area contributed by atoms with Gasteiger partial charge in [-0.3, -0.25) is 0 Å². The maximum atomic E-state index is 2.57. The van der Waals surface area contributed by atoms with Gasteiger partial charge in [0.1, 0.15) is 0 Å². The Balaban J connectivity index is 2.05. The third kappa shape index (κ3) is 5.69. The van der Waals surface area contributed by atoms with Crippen LogP contribution < -0.4 is 0 Å². The van der Waals surface area contributed by atoms with Gasteiger partial charge >= 0.3 is 0 Å². The first-order valence-corrected chi connectivity index (χ1v) is 10.4. The number of rotatable bonds is 8. The number of unbranched alkanes of at least 4 members (excludes halogenated alkanes) is 2. The lowest BCUT2D eigenvalue weighted by Gasteiger charge is -2.21. The Bertz CT molecular complexity index is 248. The van der Waals surface area contributed by atoms with E-state index in [4.69, 9.17) is 0 Å². The van der Waals surface area contributed by atoms with E-state index in [0.717, 1.165) is 0 Å². The maximum absolute atomic E-state index is 2.57. The summed E-state index contributed by atoms with van der Waals surface area (Å²) in [5, 5.41) is 0. The molecule has 0 unspecified atom stereocenters. The number of hydrogen-bond acceptors (Lipinski definition) is 0. The van der Waals surface area contributed by atoms with E-state index in [1.165, 1.54) is 50.6 Å². The minimum Gasteiger partial charge on any atom is -0.0805 e. The van der Waals surface area contributed by atoms with Gasteiger partial charge in [-0.1, -0.05) is 75.2 Å². The van der Waals surface area contributed by atoms with Crippen molar-refractivity contribution in [1.29, 1.82) is 0 Å². The summed E-state index contributed by atoms with van der Waals surface area (Å²) >= 11 is 0. The predicted octanol–water partition coefficient (Wildman–Crippen LogP) is 5.55. The average Bonchev–Trinajstić information content (AvgIpc) is 2.75. The lowest BCUT2D eigenvalue weighted by molar-refractivity contribution is 0.762. The second-order valence-corrected chi connectivity index (χ2v) is 11.3. The zero-order valence-corrected chi connectivity index (χ0v) is 12.4. The van der Waals surface area contributed by atoms with E-state index < -0.39 is 8.07 Å². The molecule has 0 atom stereocenters. The van der Waals surface area contributed by atoms with Crippen molar-refractivity contribution in [3.63, 3.8) is 0 Å². The van der Waals surface area contributed by atoms with E-state index in [0.29, 0.717) is 0 Å². The van der Waals surface area contributed by atoms with Crippen molar-refractivity contribution in [2.45, 2.75) is 70.6 Å². The second-order valence-electron chi connectivity index (χ2n) is 5.93. The van der Waals surface area contributed by atoms with Gasteiger partial charge in [0.15, 0.2) is 0 Å². The van der Waals surface area contributed by atoms with Gasteiger partial charge in [-0.05, 0) is 19.3 Å². The quantitative estimate of drug-likeness (QED) is 0.383. The third-order valence-electron chi connectivity index (χ3n) is 3.66. The molecule has 0 fully saturated rings. The van der Waals surface area contributed by atoms with Gasteiger partial charge in [-0.15, -0.1) is 0 Å². The van der Waals surface area contributed by atoms with Crippen molar-refractivity contribution in [2.75, 3.05) is 0 Å². The molecule has 92 valence electrons. The monoisotopic (exact) mass is 236 g/mol. The van der Waals surface area contributed by atoms with E-state index in [1.54, 1.807) is 5.57 Å². The molecule has 0 spiro atoms. The van der Waals surface area contributed by atoms with Crippen molar-refractivity contribution in [2.24, 2.45) is 0 Å². The third-order valence-corrected chi connectivity index (χ3v) is 7.07. The Kier molecular flexibility index (Phi) is 6.11. The van der Waals surface area contributed by atoms with Gasteiger partial charge in [-0.2, -0.15) is 0 Å². The second kappa shape index (κ2) is 7.11. The Morgan fingerprint density at radius 2 is 1.88 bits per heavy atom. The fourth-order valence-electron chi connectivity index (χ4n) is 2.41. The highest BCUT2D eigenvalue weighted by atomic mass is 28.3. The van der Waals surface area contributed by atoms with E-state index in [2.05, 4.69) is 38.2 Å². The molecule has 0 aromatic rings. The molecule has 1 rings (SSSR count). The molecule has 0 saturated carbocycles. The van der Waals surface area contributed by atoms with Crippen LogP contribution in [-0.4, -0.2) is 8.07 Å². The van der Waals surface area contributed by atoms with Crippen LogP contribution in [0.5, 0.6) is 0 Å². The van der Waals surface area contributed by atoms with Crippen LogP contribution in [0, 0.1) is 0 Å². The highest BCUT2D eigenvalue weighted by Crippen LogP contribution is 2.24. The first kappa shape index (κ1) is 13.8.